The van der Waals surface area contributed by atoms with Crippen LogP contribution >= 0.6 is 0 Å². The number of hydrogen-bond donors (Lipinski definition) is 2. The summed E-state index contributed by atoms with van der Waals surface area (Å²) in [5.74, 6) is 0.560. The number of nitrogens with zero attached hydrogens (tertiary/aromatic N) is 3. The Morgan fingerprint density at radius 1 is 1.56 bits per heavy atom. The van der Waals surface area contributed by atoms with Gasteiger partial charge in [0.25, 0.3) is 0 Å². The van der Waals surface area contributed by atoms with Gasteiger partial charge in [-0.2, -0.15) is 0 Å². The van der Waals surface area contributed by atoms with Crippen LogP contribution in [0, 0.1) is 0 Å². The van der Waals surface area contributed by atoms with E-state index in [0.717, 1.165) is 0 Å². The lowest BCUT2D eigenvalue weighted by Gasteiger charge is -2.30. The van der Waals surface area contributed by atoms with Crippen LogP contribution in [-0.2, 0) is 11.3 Å². The van der Waals surface area contributed by atoms with Crippen LogP contribution in [0.4, 0.5) is 6.01 Å². The average Bonchev–Trinajstić information content (AvgIpc) is 2.78. The first-order valence-corrected chi connectivity index (χ1v) is 5.28. The van der Waals surface area contributed by atoms with E-state index in [1.165, 1.54) is 0 Å². The summed E-state index contributed by atoms with van der Waals surface area (Å²) in [4.78, 5) is 1.93. The molecule has 1 saturated heterocycles. The molecule has 1 aliphatic heterocycles. The van der Waals surface area contributed by atoms with Gasteiger partial charge in [-0.05, 0) is 7.05 Å². The van der Waals surface area contributed by atoms with Gasteiger partial charge in [0, 0.05) is 6.54 Å². The Bertz CT molecular complexity index is 330. The van der Waals surface area contributed by atoms with Gasteiger partial charge in [0.1, 0.15) is 0 Å². The van der Waals surface area contributed by atoms with Gasteiger partial charge >= 0.3 is 6.01 Å². The van der Waals surface area contributed by atoms with Crippen LogP contribution in [0.15, 0.2) is 4.42 Å². The van der Waals surface area contributed by atoms with Gasteiger partial charge in [-0.3, -0.25) is 0 Å². The predicted octanol–water partition coefficient (Wildman–Crippen LogP) is -1.01. The van der Waals surface area contributed by atoms with Crippen molar-refractivity contribution in [3.8, 4) is 0 Å². The smallest absolute Gasteiger partial charge is 0.318 e. The van der Waals surface area contributed by atoms with Gasteiger partial charge in [-0.1, -0.05) is 5.10 Å². The second kappa shape index (κ2) is 5.24. The third-order valence-corrected chi connectivity index (χ3v) is 2.40. The number of nitrogens with one attached hydrogen (secondary N) is 1. The molecule has 1 atom stereocenters. The number of morpholine rings is 1. The summed E-state index contributed by atoms with van der Waals surface area (Å²) in [5.41, 5.74) is 0. The lowest BCUT2D eigenvalue weighted by atomic mass is 10.3. The van der Waals surface area contributed by atoms with E-state index in [0.29, 0.717) is 38.1 Å². The fourth-order valence-electron chi connectivity index (χ4n) is 1.60. The van der Waals surface area contributed by atoms with E-state index < -0.39 is 0 Å². The topological polar surface area (TPSA) is 83.7 Å². The molecule has 0 aromatic carbocycles. The minimum Gasteiger partial charge on any atom is -0.407 e. The maximum atomic E-state index is 9.02. The SMILES string of the molecule is CNCc1nnc(N2CCOC(CO)C2)o1. The zero-order valence-electron chi connectivity index (χ0n) is 9.22. The first-order valence-electron chi connectivity index (χ1n) is 5.28. The minimum absolute atomic E-state index is 0.00795. The van der Waals surface area contributed by atoms with E-state index in [1.54, 1.807) is 0 Å². The lowest BCUT2D eigenvalue weighted by molar-refractivity contribution is 0.00224. The summed E-state index contributed by atoms with van der Waals surface area (Å²) in [6.07, 6.45) is -0.173. The van der Waals surface area contributed by atoms with Gasteiger partial charge in [-0.25, -0.2) is 0 Å². The summed E-state index contributed by atoms with van der Waals surface area (Å²) < 4.78 is 10.8. The Balaban J connectivity index is 1.99. The summed E-state index contributed by atoms with van der Waals surface area (Å²) in [6, 6.07) is 0.493. The maximum Gasteiger partial charge on any atom is 0.318 e. The molecular weight excluding hydrogens is 212 g/mol. The second-order valence-electron chi connectivity index (χ2n) is 3.63. The van der Waals surface area contributed by atoms with E-state index in [9.17, 15) is 0 Å². The standard InChI is InChI=1S/C9H16N4O3/c1-10-4-8-11-12-9(16-8)13-2-3-15-7(5-13)6-14/h7,10,14H,2-6H2,1H3. The summed E-state index contributed by atoms with van der Waals surface area (Å²) in [5, 5.41) is 19.8. The highest BCUT2D eigenvalue weighted by Gasteiger charge is 2.23. The van der Waals surface area contributed by atoms with Crippen LogP contribution in [0.25, 0.3) is 0 Å². The molecule has 7 heteroatoms. The zero-order valence-corrected chi connectivity index (χ0v) is 9.22. The van der Waals surface area contributed by atoms with Crippen LogP contribution < -0.4 is 10.2 Å². The molecule has 16 heavy (non-hydrogen) atoms. The summed E-state index contributed by atoms with van der Waals surface area (Å²) in [6.45, 7) is 2.42. The Morgan fingerprint density at radius 3 is 3.19 bits per heavy atom. The highest BCUT2D eigenvalue weighted by atomic mass is 16.5. The predicted molar refractivity (Wildman–Crippen MR) is 56.1 cm³/mol. The van der Waals surface area contributed by atoms with E-state index in [4.69, 9.17) is 14.3 Å². The molecule has 2 N–H and O–H groups in total. The number of ether oxygens (including phenoxy) is 1. The van der Waals surface area contributed by atoms with Crippen LogP contribution in [0.1, 0.15) is 5.89 Å². The molecule has 0 saturated carbocycles. The molecule has 0 amide bonds. The number of aliphatic hydroxyl groups is 1. The normalized spacial score (nSPS) is 21.4. The van der Waals surface area contributed by atoms with Crippen LogP contribution in [-0.4, -0.2) is 54.8 Å². The van der Waals surface area contributed by atoms with Gasteiger partial charge < -0.3 is 24.5 Å². The van der Waals surface area contributed by atoms with Crippen molar-refractivity contribution in [2.75, 3.05) is 38.3 Å². The Kier molecular flexibility index (Phi) is 3.70. The number of aromatic nitrogens is 2. The monoisotopic (exact) mass is 228 g/mol. The van der Waals surface area contributed by atoms with Gasteiger partial charge in [0.05, 0.1) is 32.4 Å². The van der Waals surface area contributed by atoms with Crippen molar-refractivity contribution < 1.29 is 14.3 Å². The molecule has 2 heterocycles. The van der Waals surface area contributed by atoms with Crippen molar-refractivity contribution >= 4 is 6.01 Å². The van der Waals surface area contributed by atoms with Gasteiger partial charge in [0.2, 0.25) is 5.89 Å². The van der Waals surface area contributed by atoms with E-state index in [-0.39, 0.29) is 12.7 Å². The number of rotatable bonds is 4. The van der Waals surface area contributed by atoms with Crippen molar-refractivity contribution in [3.63, 3.8) is 0 Å². The van der Waals surface area contributed by atoms with Crippen molar-refractivity contribution in [1.29, 1.82) is 0 Å². The number of hydrogen-bond acceptors (Lipinski definition) is 7. The second-order valence-corrected chi connectivity index (χ2v) is 3.63. The van der Waals surface area contributed by atoms with Crippen molar-refractivity contribution in [3.05, 3.63) is 5.89 Å². The molecule has 2 rings (SSSR count). The third kappa shape index (κ3) is 2.49. The van der Waals surface area contributed by atoms with E-state index in [2.05, 4.69) is 15.5 Å². The quantitative estimate of drug-likeness (QED) is 0.682. The molecule has 0 aliphatic carbocycles. The van der Waals surface area contributed by atoms with Crippen LogP contribution in [0.3, 0.4) is 0 Å². The number of anilines is 1. The molecular formula is C9H16N4O3. The lowest BCUT2D eigenvalue weighted by Crippen LogP contribution is -2.44. The molecule has 1 unspecified atom stereocenters. The molecule has 1 fully saturated rings. The molecule has 0 radical (unpaired) electrons. The van der Waals surface area contributed by atoms with Crippen LogP contribution in [0.2, 0.25) is 0 Å². The highest BCUT2D eigenvalue weighted by Crippen LogP contribution is 2.15. The highest BCUT2D eigenvalue weighted by molar-refractivity contribution is 5.25. The van der Waals surface area contributed by atoms with Crippen molar-refractivity contribution in [2.24, 2.45) is 0 Å². The molecule has 0 spiro atoms. The number of aliphatic hydroxyl groups excluding tert-OH is 1. The molecule has 1 aromatic heterocycles. The fourth-order valence-corrected chi connectivity index (χ4v) is 1.60. The third-order valence-electron chi connectivity index (χ3n) is 2.40. The molecule has 1 aromatic rings. The average molecular weight is 228 g/mol. The Labute approximate surface area is 93.4 Å². The van der Waals surface area contributed by atoms with E-state index >= 15 is 0 Å². The zero-order chi connectivity index (χ0) is 11.4. The first-order chi connectivity index (χ1) is 7.83. The summed E-state index contributed by atoms with van der Waals surface area (Å²) in [7, 11) is 1.82. The van der Waals surface area contributed by atoms with Crippen molar-refractivity contribution in [2.45, 2.75) is 12.6 Å². The molecule has 7 nitrogen and oxygen atoms in total. The molecule has 1 aliphatic rings. The first kappa shape index (κ1) is 11.3. The Morgan fingerprint density at radius 2 is 2.44 bits per heavy atom. The Hall–Kier alpha value is -1.18. The summed E-state index contributed by atoms with van der Waals surface area (Å²) >= 11 is 0. The maximum absolute atomic E-state index is 9.02. The molecule has 0 bridgehead atoms. The van der Waals surface area contributed by atoms with Gasteiger partial charge in [-0.15, -0.1) is 5.10 Å². The van der Waals surface area contributed by atoms with E-state index in [1.807, 2.05) is 11.9 Å². The minimum atomic E-state index is -0.173. The molecule has 90 valence electrons. The van der Waals surface area contributed by atoms with Crippen LogP contribution in [0.5, 0.6) is 0 Å². The van der Waals surface area contributed by atoms with Gasteiger partial charge in [0.15, 0.2) is 0 Å². The largest absolute Gasteiger partial charge is 0.407 e. The fraction of sp³-hybridized carbons (Fsp3) is 0.778. The van der Waals surface area contributed by atoms with Crippen molar-refractivity contribution in [1.82, 2.24) is 15.5 Å².